The van der Waals surface area contributed by atoms with E-state index in [0.717, 1.165) is 13.8 Å². The average Bonchev–Trinajstić information content (AvgIpc) is 0.787. The Morgan fingerprint density at radius 2 is 0.711 bits per heavy atom. The molecule has 20 N–H and O–H groups in total. The van der Waals surface area contributed by atoms with Gasteiger partial charge in [-0.15, -0.1) is 0 Å². The van der Waals surface area contributed by atoms with Crippen molar-refractivity contribution in [2.75, 3.05) is 46.2 Å². The smallest absolute Gasteiger partial charge is 0.394 e. The van der Waals surface area contributed by atoms with Gasteiger partial charge in [0.05, 0.1) is 70.7 Å². The van der Waals surface area contributed by atoms with Gasteiger partial charge in [-0.3, -0.25) is 22.8 Å². The Labute approximate surface area is 507 Å². The van der Waals surface area contributed by atoms with Crippen LogP contribution in [-0.2, 0) is 125 Å². The maximum Gasteiger partial charge on any atom is 0.397 e. The summed E-state index contributed by atoms with van der Waals surface area (Å²) in [5.74, 6) is -13.3. The zero-order valence-corrected chi connectivity index (χ0v) is 49.8. The van der Waals surface area contributed by atoms with Gasteiger partial charge in [-0.25, -0.2) is 20.9 Å². The van der Waals surface area contributed by atoms with E-state index in [1.54, 1.807) is 0 Å². The fourth-order valence-corrected chi connectivity index (χ4v) is 12.8. The van der Waals surface area contributed by atoms with Crippen LogP contribution in [-0.4, -0.2) is 353 Å². The van der Waals surface area contributed by atoms with Crippen molar-refractivity contribution in [1.82, 2.24) is 0 Å². The van der Waals surface area contributed by atoms with Crippen molar-refractivity contribution in [3.8, 4) is 0 Å². The van der Waals surface area contributed by atoms with E-state index in [4.69, 9.17) is 52.1 Å². The Morgan fingerprint density at radius 1 is 0.344 bits per heavy atom. The van der Waals surface area contributed by atoms with Crippen LogP contribution in [0.4, 0.5) is 0 Å². The summed E-state index contributed by atoms with van der Waals surface area (Å²) in [4.78, 5) is 0. The Bertz CT molecular complexity index is 2920. The topological polar surface area (TPSA) is 723 Å². The molecular formula is C39H68O46S5. The molecule has 6 saturated heterocycles. The molecule has 0 spiro atoms. The fourth-order valence-electron chi connectivity index (χ4n) is 10.2. The molecule has 0 amide bonds. The number of hydrogen-bond donors (Lipinski definition) is 20. The first-order valence-corrected chi connectivity index (χ1v) is 32.6. The van der Waals surface area contributed by atoms with Crippen LogP contribution in [0, 0.1) is 17.8 Å². The lowest BCUT2D eigenvalue weighted by molar-refractivity contribution is -0.415. The van der Waals surface area contributed by atoms with E-state index in [2.05, 4.69) is 20.9 Å². The van der Waals surface area contributed by atoms with Crippen LogP contribution in [0.25, 0.3) is 0 Å². The second-order valence-corrected chi connectivity index (χ2v) is 26.1. The predicted molar refractivity (Wildman–Crippen MR) is 264 cm³/mol. The highest BCUT2D eigenvalue weighted by molar-refractivity contribution is 7.81. The van der Waals surface area contributed by atoms with Gasteiger partial charge >= 0.3 is 52.0 Å². The molecule has 28 atom stereocenters. The molecule has 6 aliphatic heterocycles. The van der Waals surface area contributed by atoms with E-state index in [9.17, 15) is 141 Å². The monoisotopic (exact) mass is 1430 g/mol. The summed E-state index contributed by atoms with van der Waals surface area (Å²) in [6, 6.07) is 0. The summed E-state index contributed by atoms with van der Waals surface area (Å²) >= 11 is 0. The van der Waals surface area contributed by atoms with E-state index < -0.39 is 281 Å². The minimum Gasteiger partial charge on any atom is -0.394 e. The van der Waals surface area contributed by atoms with Crippen molar-refractivity contribution in [3.05, 3.63) is 0 Å². The number of aliphatic hydroxyl groups excluding tert-OH is 11. The summed E-state index contributed by atoms with van der Waals surface area (Å²) in [6.07, 6.45) is -56.7. The van der Waals surface area contributed by atoms with Gasteiger partial charge in [0.25, 0.3) is 0 Å². The first-order valence-electron chi connectivity index (χ1n) is 25.7. The SMILES string of the molecule is CC1O[C@@H](OC[C@@H]2C(C)O[C@@H](OC[C@H]3C(O)[C@H](OC[C@H]4C(CO[C@@H]5OC(CO[C@@H]6OC(CO)[C@H](O)[C@@H](OS(=O)(=O)O)C6O)[C@H](O)[C@@H](OS(=O)(=O)O)C5O)O[C@@H](O)C(O)[C@@H]4OS(=O)(=O)O)OC(CO)[C@@H]3O)C(O)(O)[C@H]2OS(=O)(=O)O)C(O)(O)[C@@H](OS(=O)(=O)O)[C@@H]1O. The summed E-state index contributed by atoms with van der Waals surface area (Å²) in [5.41, 5.74) is 0. The van der Waals surface area contributed by atoms with Gasteiger partial charge in [0.1, 0.15) is 85.5 Å². The standard InChI is InChI=1S/C39H68O46S5/c1-10-12(5-73-37-39(53,54)31(85-90(67,68)69)19(42)11(2)76-37)30(84-89(64,65)66)38(51,52)36(75-10)74-7-14-20(43)15(3-40)78-33(21(14)44)70-6-13-17(77-32(50)24(47)27(13)81-86(55,56)57)8-71-35-26(49)29(83-88(61,62)63)23(46)18(80-35)9-72-34-25(48)28(82-87(58,59)60)22(45)16(4-41)79-34/h10-37,40-54H,3-9H2,1-2H3,(H,55,56,57)(H,58,59,60)(H,61,62,63)(H,64,65,66)(H,67,68,69)/t10?,11?,12-,13+,14-,15?,16?,17?,18?,19-,20-,21?,22+,23+,24?,25?,26?,27-,28-,29-,30+,31+,32-,33-,34-,35-,36-,37-/m1/s1. The molecule has 0 aromatic carbocycles. The Hall–Kier alpha value is -1.69. The quantitative estimate of drug-likeness (QED) is 0.0268. The maximum absolute atomic E-state index is 12.1. The lowest BCUT2D eigenvalue weighted by Crippen LogP contribution is -2.68. The first kappa shape index (κ1) is 77.3. The molecule has 6 fully saturated rings. The van der Waals surface area contributed by atoms with Gasteiger partial charge in [0, 0.05) is 17.8 Å². The van der Waals surface area contributed by atoms with Crippen LogP contribution in [0.2, 0.25) is 0 Å². The van der Waals surface area contributed by atoms with E-state index in [1.165, 1.54) is 0 Å². The predicted octanol–water partition coefficient (Wildman–Crippen LogP) is -13.5. The third-order valence-corrected chi connectivity index (χ3v) is 17.0. The van der Waals surface area contributed by atoms with Crippen molar-refractivity contribution >= 4 is 52.0 Å². The summed E-state index contributed by atoms with van der Waals surface area (Å²) in [7, 11) is -28.1. The van der Waals surface area contributed by atoms with Crippen molar-refractivity contribution < 1.29 is 214 Å². The molecule has 51 heteroatoms. The minimum atomic E-state index is -5.75. The Balaban J connectivity index is 1.20. The van der Waals surface area contributed by atoms with Crippen LogP contribution < -0.4 is 0 Å². The zero-order chi connectivity index (χ0) is 67.9. The second-order valence-electron chi connectivity index (χ2n) is 20.9. The third kappa shape index (κ3) is 19.3. The van der Waals surface area contributed by atoms with Crippen molar-refractivity contribution in [3.63, 3.8) is 0 Å². The van der Waals surface area contributed by atoms with Gasteiger partial charge in [-0.05, 0) is 13.8 Å². The molecular weight excluding hydrogens is 1360 g/mol. The van der Waals surface area contributed by atoms with E-state index in [0.29, 0.717) is 0 Å². The first-order chi connectivity index (χ1) is 41.2. The van der Waals surface area contributed by atoms with E-state index in [-0.39, 0.29) is 0 Å². The number of aliphatic hydroxyl groups is 15. The lowest BCUT2D eigenvalue weighted by atomic mass is 9.87. The second kappa shape index (κ2) is 30.0. The van der Waals surface area contributed by atoms with E-state index >= 15 is 0 Å². The van der Waals surface area contributed by atoms with Crippen LogP contribution in [0.3, 0.4) is 0 Å². The van der Waals surface area contributed by atoms with Crippen LogP contribution >= 0.6 is 0 Å². The zero-order valence-electron chi connectivity index (χ0n) is 45.7. The highest BCUT2D eigenvalue weighted by atomic mass is 32.3. The lowest BCUT2D eigenvalue weighted by Gasteiger charge is -2.49. The molecule has 10 unspecified atom stereocenters. The van der Waals surface area contributed by atoms with Crippen molar-refractivity contribution in [2.45, 2.75) is 179 Å². The molecule has 46 nitrogen and oxygen atoms in total. The molecule has 0 aliphatic carbocycles. The maximum atomic E-state index is 12.1. The molecule has 0 aromatic rings. The molecule has 0 bridgehead atoms. The number of ether oxygens (including phenoxy) is 11. The van der Waals surface area contributed by atoms with E-state index in [1.807, 2.05) is 0 Å². The average molecular weight is 1430 g/mol. The van der Waals surface area contributed by atoms with Crippen molar-refractivity contribution in [1.29, 1.82) is 0 Å². The molecule has 530 valence electrons. The highest BCUT2D eigenvalue weighted by Crippen LogP contribution is 2.40. The Kier molecular flexibility index (Phi) is 25.7. The molecule has 0 radical (unpaired) electrons. The molecule has 6 aliphatic rings. The van der Waals surface area contributed by atoms with Gasteiger partial charge in [0.15, 0.2) is 31.3 Å². The molecule has 0 saturated carbocycles. The van der Waals surface area contributed by atoms with Gasteiger partial charge in [-0.1, -0.05) is 0 Å². The normalized spacial score (nSPS) is 43.2. The van der Waals surface area contributed by atoms with Crippen LogP contribution in [0.15, 0.2) is 0 Å². The molecule has 90 heavy (non-hydrogen) atoms. The molecule has 6 rings (SSSR count). The van der Waals surface area contributed by atoms with Gasteiger partial charge in [-0.2, -0.15) is 42.1 Å². The third-order valence-electron chi connectivity index (χ3n) is 14.7. The molecule has 6 heterocycles. The van der Waals surface area contributed by atoms with Crippen molar-refractivity contribution in [2.24, 2.45) is 17.8 Å². The van der Waals surface area contributed by atoms with Crippen LogP contribution in [0.1, 0.15) is 13.8 Å². The fraction of sp³-hybridized carbons (Fsp3) is 1.00. The summed E-state index contributed by atoms with van der Waals surface area (Å²) in [5, 5.41) is 162. The summed E-state index contributed by atoms with van der Waals surface area (Å²) < 4.78 is 247. The minimum absolute atomic E-state index is 1.03. The number of rotatable bonds is 27. The Morgan fingerprint density at radius 3 is 1.19 bits per heavy atom. The largest absolute Gasteiger partial charge is 0.397 e. The van der Waals surface area contributed by atoms with Crippen LogP contribution in [0.5, 0.6) is 0 Å². The highest BCUT2D eigenvalue weighted by Gasteiger charge is 2.61. The number of hydrogen-bond acceptors (Lipinski definition) is 41. The van der Waals surface area contributed by atoms with Gasteiger partial charge < -0.3 is 129 Å². The molecule has 0 aromatic heterocycles. The summed E-state index contributed by atoms with van der Waals surface area (Å²) in [6.45, 7) is -6.21. The van der Waals surface area contributed by atoms with Gasteiger partial charge in [0.2, 0.25) is 24.2 Å².